The minimum Gasteiger partial charge on any atom is -0.316 e. The van der Waals surface area contributed by atoms with Crippen molar-refractivity contribution in [1.82, 2.24) is 19.1 Å². The van der Waals surface area contributed by atoms with E-state index in [-0.39, 0.29) is 0 Å². The molecule has 0 N–H and O–H groups in total. The number of aromatic nitrogens is 4. The van der Waals surface area contributed by atoms with Gasteiger partial charge >= 0.3 is 0 Å². The summed E-state index contributed by atoms with van der Waals surface area (Å²) in [5, 5.41) is 6.05. The van der Waals surface area contributed by atoms with E-state index >= 15 is 0 Å². The third-order valence-electron chi connectivity index (χ3n) is 8.55. The van der Waals surface area contributed by atoms with E-state index in [1.54, 1.807) is 0 Å². The van der Waals surface area contributed by atoms with E-state index in [0.29, 0.717) is 5.82 Å². The molecule has 0 spiro atoms. The Balaban J connectivity index is 1.47. The van der Waals surface area contributed by atoms with Crippen molar-refractivity contribution in [3.63, 3.8) is 0 Å². The Hall–Kier alpha value is -6.00. The predicted molar refractivity (Wildman–Crippen MR) is 182 cm³/mol. The summed E-state index contributed by atoms with van der Waals surface area (Å²) in [6.07, 6.45) is 2.20. The summed E-state index contributed by atoms with van der Waals surface area (Å²) in [4.78, 5) is 10.3. The number of hydrogen-bond acceptors (Lipinski definition) is 2. The van der Waals surface area contributed by atoms with Gasteiger partial charge in [-0.3, -0.25) is 4.57 Å². The minimum absolute atomic E-state index is 0.700. The fraction of sp³-hybridized carbons (Fsp3) is 0. The lowest BCUT2D eigenvalue weighted by atomic mass is 10.0. The number of para-hydroxylation sites is 2. The van der Waals surface area contributed by atoms with Crippen molar-refractivity contribution < 1.29 is 0 Å². The first kappa shape index (κ1) is 24.6. The van der Waals surface area contributed by atoms with Crippen molar-refractivity contribution >= 4 is 43.5 Å². The quantitative estimate of drug-likeness (QED) is 0.214. The highest BCUT2D eigenvalue weighted by Crippen LogP contribution is 2.43. The molecule has 0 saturated heterocycles. The predicted octanol–water partition coefficient (Wildman–Crippen LogP) is 10.0. The van der Waals surface area contributed by atoms with Gasteiger partial charge in [0.05, 0.1) is 22.2 Å². The lowest BCUT2D eigenvalue weighted by Gasteiger charge is -2.14. The van der Waals surface area contributed by atoms with Crippen LogP contribution in [0.3, 0.4) is 0 Å². The van der Waals surface area contributed by atoms with Gasteiger partial charge in [0.15, 0.2) is 5.82 Å². The molecule has 4 nitrogen and oxygen atoms in total. The van der Waals surface area contributed by atoms with Gasteiger partial charge in [0, 0.05) is 50.6 Å². The van der Waals surface area contributed by atoms with Gasteiger partial charge in [0.2, 0.25) is 0 Å². The number of hydrogen-bond donors (Lipinski definition) is 0. The highest BCUT2D eigenvalue weighted by Gasteiger charge is 2.22. The second kappa shape index (κ2) is 9.79. The van der Waals surface area contributed by atoms with E-state index in [9.17, 15) is 0 Å². The van der Waals surface area contributed by atoms with Gasteiger partial charge in [-0.25, -0.2) is 9.97 Å². The highest BCUT2D eigenvalue weighted by atomic mass is 15.1. The second-order valence-electron chi connectivity index (χ2n) is 11.1. The maximum atomic E-state index is 5.27. The molecule has 3 heterocycles. The van der Waals surface area contributed by atoms with E-state index in [0.717, 1.165) is 39.4 Å². The molecule has 0 amide bonds. The van der Waals surface area contributed by atoms with Crippen LogP contribution < -0.4 is 0 Å². The Morgan fingerprint density at radius 1 is 0.455 bits per heavy atom. The first-order valence-corrected chi connectivity index (χ1v) is 14.9. The molecule has 9 rings (SSSR count). The SMILES string of the molecule is c1ccc(-c2cc(-n3c4ccccc4c4c5c(ccn5-c5ccccc5)c5ccccc5c43)nc(-c3ccccc3)n2)cc1. The van der Waals surface area contributed by atoms with Crippen LogP contribution >= 0.6 is 0 Å². The van der Waals surface area contributed by atoms with Crippen LogP contribution in [0.4, 0.5) is 0 Å². The maximum absolute atomic E-state index is 5.27. The lowest BCUT2D eigenvalue weighted by molar-refractivity contribution is 1.05. The number of nitrogens with zero attached hydrogens (tertiary/aromatic N) is 4. The Morgan fingerprint density at radius 3 is 1.80 bits per heavy atom. The van der Waals surface area contributed by atoms with E-state index < -0.39 is 0 Å². The third-order valence-corrected chi connectivity index (χ3v) is 8.55. The van der Waals surface area contributed by atoms with E-state index in [4.69, 9.17) is 9.97 Å². The molecule has 0 unspecified atom stereocenters. The monoisotopic (exact) mass is 562 g/mol. The number of fused-ring (bicyclic) bond motifs is 8. The third kappa shape index (κ3) is 3.71. The Labute approximate surface area is 254 Å². The molecule has 0 aliphatic carbocycles. The van der Waals surface area contributed by atoms with Crippen LogP contribution in [0, 0.1) is 0 Å². The zero-order valence-electron chi connectivity index (χ0n) is 23.8. The molecule has 0 saturated carbocycles. The smallest absolute Gasteiger partial charge is 0.162 e. The van der Waals surface area contributed by atoms with Crippen molar-refractivity contribution in [2.45, 2.75) is 0 Å². The first-order chi connectivity index (χ1) is 21.8. The Bertz CT molecular complexity index is 2420. The van der Waals surface area contributed by atoms with Gasteiger partial charge in [-0.2, -0.15) is 0 Å². The fourth-order valence-corrected chi connectivity index (χ4v) is 6.63. The molecule has 0 aliphatic rings. The number of benzene rings is 6. The number of rotatable bonds is 4. The topological polar surface area (TPSA) is 35.6 Å². The molecule has 9 aromatic rings. The van der Waals surface area contributed by atoms with Gasteiger partial charge in [-0.15, -0.1) is 0 Å². The summed E-state index contributed by atoms with van der Waals surface area (Å²) in [6, 6.07) is 53.0. The molecular weight excluding hydrogens is 536 g/mol. The maximum Gasteiger partial charge on any atom is 0.162 e. The largest absolute Gasteiger partial charge is 0.316 e. The molecule has 206 valence electrons. The molecule has 3 aromatic heterocycles. The molecular formula is C40H26N4. The molecule has 6 aromatic carbocycles. The van der Waals surface area contributed by atoms with Gasteiger partial charge in [0.25, 0.3) is 0 Å². The molecule has 44 heavy (non-hydrogen) atoms. The average molecular weight is 563 g/mol. The highest BCUT2D eigenvalue weighted by molar-refractivity contribution is 6.31. The summed E-state index contributed by atoms with van der Waals surface area (Å²) in [5.74, 6) is 1.54. The Kier molecular flexibility index (Phi) is 5.47. The van der Waals surface area contributed by atoms with Crippen molar-refractivity contribution in [3.8, 4) is 34.2 Å². The molecule has 0 bridgehead atoms. The van der Waals surface area contributed by atoms with Crippen LogP contribution in [0.5, 0.6) is 0 Å². The van der Waals surface area contributed by atoms with Gasteiger partial charge in [0.1, 0.15) is 5.82 Å². The average Bonchev–Trinajstić information content (AvgIpc) is 3.70. The van der Waals surface area contributed by atoms with Crippen molar-refractivity contribution in [1.29, 1.82) is 0 Å². The fourth-order valence-electron chi connectivity index (χ4n) is 6.63. The molecule has 0 fully saturated rings. The lowest BCUT2D eigenvalue weighted by Crippen LogP contribution is -2.03. The van der Waals surface area contributed by atoms with Crippen LogP contribution in [0.15, 0.2) is 158 Å². The van der Waals surface area contributed by atoms with Gasteiger partial charge in [-0.1, -0.05) is 121 Å². The normalized spacial score (nSPS) is 11.6. The van der Waals surface area contributed by atoms with Gasteiger partial charge < -0.3 is 4.57 Å². The van der Waals surface area contributed by atoms with Crippen LogP contribution in [0.2, 0.25) is 0 Å². The van der Waals surface area contributed by atoms with Crippen LogP contribution in [0.25, 0.3) is 77.6 Å². The van der Waals surface area contributed by atoms with E-state index in [1.165, 1.54) is 32.4 Å². The summed E-state index contributed by atoms with van der Waals surface area (Å²) >= 11 is 0. The zero-order chi connectivity index (χ0) is 29.0. The first-order valence-electron chi connectivity index (χ1n) is 14.9. The molecule has 0 atom stereocenters. The molecule has 4 heteroatoms. The molecule has 0 aliphatic heterocycles. The van der Waals surface area contributed by atoms with Crippen LogP contribution in [-0.4, -0.2) is 19.1 Å². The zero-order valence-corrected chi connectivity index (χ0v) is 23.8. The summed E-state index contributed by atoms with van der Waals surface area (Å²) in [6.45, 7) is 0. The standard InChI is InChI=1S/C40H26N4/c1-4-14-27(15-5-1)34-26-36(42-40(41-34)28-16-6-2-7-17-28)44-35-23-13-12-22-33(35)37-38-32(30-20-10-11-21-31(30)39(37)44)24-25-43(38)29-18-8-3-9-19-29/h1-26H. The summed E-state index contributed by atoms with van der Waals surface area (Å²) in [5.41, 5.74) is 7.51. The van der Waals surface area contributed by atoms with Gasteiger partial charge in [-0.05, 0) is 29.7 Å². The Morgan fingerprint density at radius 2 is 1.05 bits per heavy atom. The van der Waals surface area contributed by atoms with E-state index in [1.807, 2.05) is 24.3 Å². The van der Waals surface area contributed by atoms with Crippen molar-refractivity contribution in [3.05, 3.63) is 158 Å². The van der Waals surface area contributed by atoms with E-state index in [2.05, 4.69) is 143 Å². The molecule has 0 radical (unpaired) electrons. The van der Waals surface area contributed by atoms with Crippen LogP contribution in [-0.2, 0) is 0 Å². The second-order valence-corrected chi connectivity index (χ2v) is 11.1. The van der Waals surface area contributed by atoms with Crippen molar-refractivity contribution in [2.24, 2.45) is 0 Å². The summed E-state index contributed by atoms with van der Waals surface area (Å²) < 4.78 is 4.67. The van der Waals surface area contributed by atoms with Crippen molar-refractivity contribution in [2.75, 3.05) is 0 Å². The van der Waals surface area contributed by atoms with Crippen LogP contribution in [0.1, 0.15) is 0 Å². The summed E-state index contributed by atoms with van der Waals surface area (Å²) in [7, 11) is 0. The minimum atomic E-state index is 0.700.